The van der Waals surface area contributed by atoms with E-state index in [1.165, 1.54) is 0 Å². The van der Waals surface area contributed by atoms with Crippen molar-refractivity contribution in [2.24, 2.45) is 10.8 Å². The summed E-state index contributed by atoms with van der Waals surface area (Å²) in [6.07, 6.45) is 2.36. The number of carbonyl (C=O) groups excluding carboxylic acids is 3. The number of hydrogen-bond acceptors (Lipinski definition) is 5. The third-order valence-corrected chi connectivity index (χ3v) is 9.27. The first-order valence-corrected chi connectivity index (χ1v) is 15.5. The van der Waals surface area contributed by atoms with E-state index in [-0.39, 0.29) is 34.9 Å². The van der Waals surface area contributed by atoms with Crippen LogP contribution in [0.3, 0.4) is 0 Å². The number of nitrogens with one attached hydrogen (secondary N) is 2. The normalized spacial score (nSPS) is 19.9. The zero-order valence-electron chi connectivity index (χ0n) is 24.4. The third-order valence-electron chi connectivity index (χ3n) is 8.09. The largest absolute Gasteiger partial charge is 0.481 e. The lowest BCUT2D eigenvalue weighted by atomic mass is 9.64. The molecule has 0 atom stereocenters. The Morgan fingerprint density at radius 3 is 1.98 bits per heavy atom. The average Bonchev–Trinajstić information content (AvgIpc) is 2.82. The number of amides is 1. The molecule has 216 valence electrons. The van der Waals surface area contributed by atoms with E-state index in [0.29, 0.717) is 38.7 Å². The Bertz CT molecular complexity index is 1480. The van der Waals surface area contributed by atoms with Crippen molar-refractivity contribution in [3.05, 3.63) is 78.5 Å². The highest BCUT2D eigenvalue weighted by molar-refractivity contribution is 9.11. The van der Waals surface area contributed by atoms with Crippen molar-refractivity contribution < 1.29 is 19.1 Å². The van der Waals surface area contributed by atoms with E-state index < -0.39 is 5.92 Å². The molecule has 0 saturated carbocycles. The first-order valence-electron chi connectivity index (χ1n) is 13.9. The number of aryl methyl sites for hydroxylation is 2. The van der Waals surface area contributed by atoms with Gasteiger partial charge in [0.05, 0.1) is 8.95 Å². The van der Waals surface area contributed by atoms with Gasteiger partial charge >= 0.3 is 0 Å². The van der Waals surface area contributed by atoms with Crippen LogP contribution in [0.4, 0.5) is 5.69 Å². The second-order valence-corrected chi connectivity index (χ2v) is 14.9. The molecule has 2 aromatic carbocycles. The Balaban J connectivity index is 1.47. The molecule has 41 heavy (non-hydrogen) atoms. The second kappa shape index (κ2) is 10.8. The maximum Gasteiger partial charge on any atom is 0.262 e. The van der Waals surface area contributed by atoms with Crippen LogP contribution in [0.1, 0.15) is 76.0 Å². The van der Waals surface area contributed by atoms with Gasteiger partial charge in [-0.05, 0) is 104 Å². The highest BCUT2D eigenvalue weighted by Gasteiger charge is 2.46. The number of halogens is 2. The van der Waals surface area contributed by atoms with Crippen LogP contribution in [0.2, 0.25) is 0 Å². The zero-order valence-corrected chi connectivity index (χ0v) is 27.6. The zero-order chi connectivity index (χ0) is 29.9. The van der Waals surface area contributed by atoms with Gasteiger partial charge in [-0.15, -0.1) is 0 Å². The van der Waals surface area contributed by atoms with Crippen LogP contribution in [0.5, 0.6) is 5.75 Å². The molecule has 5 rings (SSSR count). The van der Waals surface area contributed by atoms with Gasteiger partial charge in [-0.2, -0.15) is 0 Å². The second-order valence-electron chi connectivity index (χ2n) is 13.2. The number of ketones is 2. The molecule has 2 aliphatic carbocycles. The van der Waals surface area contributed by atoms with Crippen molar-refractivity contribution in [3.8, 4) is 5.75 Å². The van der Waals surface area contributed by atoms with Crippen molar-refractivity contribution in [3.63, 3.8) is 0 Å². The average molecular weight is 684 g/mol. The number of ether oxygens (including phenoxy) is 1. The van der Waals surface area contributed by atoms with Crippen molar-refractivity contribution in [2.45, 2.75) is 73.1 Å². The van der Waals surface area contributed by atoms with Gasteiger partial charge in [0.25, 0.3) is 5.91 Å². The number of allylic oxidation sites excluding steroid dienone is 4. The quantitative estimate of drug-likeness (QED) is 0.336. The summed E-state index contributed by atoms with van der Waals surface area (Å²) >= 11 is 7.28. The molecule has 8 heteroatoms. The molecule has 1 aliphatic heterocycles. The molecular weight excluding hydrogens is 648 g/mol. The Labute approximate surface area is 258 Å². The lowest BCUT2D eigenvalue weighted by molar-refractivity contribution is -0.119. The Kier molecular flexibility index (Phi) is 7.88. The number of carbonyl (C=O) groups is 3. The van der Waals surface area contributed by atoms with E-state index in [1.54, 1.807) is 0 Å². The fraction of sp³-hybridized carbons (Fsp3) is 0.424. The fourth-order valence-corrected chi connectivity index (χ4v) is 7.75. The predicted molar refractivity (Wildman–Crippen MR) is 168 cm³/mol. The van der Waals surface area contributed by atoms with Gasteiger partial charge in [-0.25, -0.2) is 0 Å². The molecule has 0 saturated heterocycles. The Morgan fingerprint density at radius 2 is 1.44 bits per heavy atom. The number of benzene rings is 2. The highest BCUT2D eigenvalue weighted by atomic mass is 79.9. The number of dihydropyridines is 1. The summed E-state index contributed by atoms with van der Waals surface area (Å²) in [5.74, 6) is -0.0882. The molecule has 6 nitrogen and oxygen atoms in total. The molecule has 2 N–H and O–H groups in total. The van der Waals surface area contributed by atoms with Crippen LogP contribution in [-0.4, -0.2) is 24.1 Å². The van der Waals surface area contributed by atoms with Gasteiger partial charge in [0, 0.05) is 47.0 Å². The SMILES string of the molecule is Cc1ccc(C)c(NC(=O)COc2c(Br)cc(C3C4=C(CC(C)(C)CC4=O)NC4=C3C(=O)CC(C)(C)C4)cc2Br)c1. The first kappa shape index (κ1) is 29.8. The fourth-order valence-electron chi connectivity index (χ4n) is 6.30. The van der Waals surface area contributed by atoms with E-state index in [0.717, 1.165) is 46.6 Å². The van der Waals surface area contributed by atoms with Crippen molar-refractivity contribution >= 4 is 55.0 Å². The van der Waals surface area contributed by atoms with E-state index in [2.05, 4.69) is 70.2 Å². The molecular formula is C33H36Br2N2O4. The standard InChI is InChI=1S/C33H36Br2N2O4/c1-17-7-8-18(2)22(9-17)37-27(40)16-41-31-20(34)10-19(11-21(31)35)28-29-23(12-32(3,4)14-25(29)38)36-24-13-33(5,6)15-26(39)30(24)28/h7-11,28,36H,12-16H2,1-6H3,(H,37,40). The molecule has 0 unspecified atom stereocenters. The summed E-state index contributed by atoms with van der Waals surface area (Å²) in [4.78, 5) is 40.0. The van der Waals surface area contributed by atoms with Crippen molar-refractivity contribution in [1.29, 1.82) is 0 Å². The lowest BCUT2D eigenvalue weighted by Crippen LogP contribution is -2.42. The summed E-state index contributed by atoms with van der Waals surface area (Å²) in [5, 5.41) is 6.47. The summed E-state index contributed by atoms with van der Waals surface area (Å²) in [5.41, 5.74) is 6.54. The number of Topliss-reactive ketones (excluding diaryl/α,β-unsaturated/α-hetero) is 2. The molecule has 0 spiro atoms. The number of hydrogen-bond donors (Lipinski definition) is 2. The Morgan fingerprint density at radius 1 is 0.902 bits per heavy atom. The minimum Gasteiger partial charge on any atom is -0.481 e. The van der Waals surface area contributed by atoms with Gasteiger partial charge in [0.2, 0.25) is 0 Å². The van der Waals surface area contributed by atoms with E-state index in [4.69, 9.17) is 4.74 Å². The van der Waals surface area contributed by atoms with Crippen LogP contribution >= 0.6 is 31.9 Å². The van der Waals surface area contributed by atoms with Crippen LogP contribution in [-0.2, 0) is 14.4 Å². The monoisotopic (exact) mass is 682 g/mol. The van der Waals surface area contributed by atoms with Gasteiger partial charge in [-0.1, -0.05) is 39.8 Å². The minimum atomic E-state index is -0.456. The smallest absolute Gasteiger partial charge is 0.262 e. The number of rotatable bonds is 5. The minimum absolute atomic E-state index is 0.0774. The van der Waals surface area contributed by atoms with Crippen molar-refractivity contribution in [2.75, 3.05) is 11.9 Å². The maximum absolute atomic E-state index is 13.6. The molecule has 0 radical (unpaired) electrons. The summed E-state index contributed by atoms with van der Waals surface area (Å²) in [6.45, 7) is 12.2. The van der Waals surface area contributed by atoms with Gasteiger partial charge in [0.1, 0.15) is 5.75 Å². The maximum atomic E-state index is 13.6. The summed E-state index contributed by atoms with van der Waals surface area (Å²) < 4.78 is 7.22. The van der Waals surface area contributed by atoms with Crippen molar-refractivity contribution in [1.82, 2.24) is 5.32 Å². The molecule has 0 aromatic heterocycles. The van der Waals surface area contributed by atoms with Crippen LogP contribution in [0, 0.1) is 24.7 Å². The molecule has 0 bridgehead atoms. The molecule has 0 fully saturated rings. The lowest BCUT2D eigenvalue weighted by Gasteiger charge is -2.44. The molecule has 1 heterocycles. The van der Waals surface area contributed by atoms with Gasteiger partial charge in [-0.3, -0.25) is 14.4 Å². The summed E-state index contributed by atoms with van der Waals surface area (Å²) in [7, 11) is 0. The van der Waals surface area contributed by atoms with E-state index in [1.807, 2.05) is 44.2 Å². The van der Waals surface area contributed by atoms with Gasteiger partial charge in [0.15, 0.2) is 18.2 Å². The topological polar surface area (TPSA) is 84.5 Å². The van der Waals surface area contributed by atoms with E-state index in [9.17, 15) is 14.4 Å². The molecule has 2 aromatic rings. The highest BCUT2D eigenvalue weighted by Crippen LogP contribution is 2.52. The molecule has 1 amide bonds. The predicted octanol–water partition coefficient (Wildman–Crippen LogP) is 7.82. The molecule has 3 aliphatic rings. The third kappa shape index (κ3) is 6.09. The van der Waals surface area contributed by atoms with Gasteiger partial charge < -0.3 is 15.4 Å². The van der Waals surface area contributed by atoms with E-state index >= 15 is 0 Å². The van der Waals surface area contributed by atoms with Crippen LogP contribution in [0.25, 0.3) is 0 Å². The van der Waals surface area contributed by atoms with Crippen LogP contribution < -0.4 is 15.4 Å². The number of anilines is 1. The Hall–Kier alpha value is -2.71. The summed E-state index contributed by atoms with van der Waals surface area (Å²) in [6, 6.07) is 9.72. The van der Waals surface area contributed by atoms with Crippen LogP contribution in [0.15, 0.2) is 61.8 Å². The first-order chi connectivity index (χ1) is 19.1.